The minimum Gasteiger partial charge on any atom is -0.545 e. The summed E-state index contributed by atoms with van der Waals surface area (Å²) in [6.07, 6.45) is 1.37. The predicted molar refractivity (Wildman–Crippen MR) is 54.2 cm³/mol. The molecule has 0 aromatic heterocycles. The topological polar surface area (TPSA) is 69.2 Å². The third kappa shape index (κ3) is 3.70. The average molecular weight is 243 g/mol. The smallest absolute Gasteiger partial charge is 0.248 e. The maximum Gasteiger partial charge on any atom is 0.248 e. The van der Waals surface area contributed by atoms with Gasteiger partial charge in [-0.3, -0.25) is 4.79 Å². The lowest BCUT2D eigenvalue weighted by Crippen LogP contribution is -2.20. The van der Waals surface area contributed by atoms with Gasteiger partial charge < -0.3 is 15.2 Å². The SMILES string of the molecule is O=C([O-])C=CC(=O)Nc1ccc(F)c(Cl)c1. The number of carbonyl (C=O) groups excluding carboxylic acids is 2. The third-order valence-electron chi connectivity index (χ3n) is 1.56. The highest BCUT2D eigenvalue weighted by Crippen LogP contribution is 2.19. The minimum absolute atomic E-state index is 0.137. The van der Waals surface area contributed by atoms with Crippen LogP contribution in [0.25, 0.3) is 0 Å². The van der Waals surface area contributed by atoms with E-state index >= 15 is 0 Å². The monoisotopic (exact) mass is 242 g/mol. The van der Waals surface area contributed by atoms with Crippen LogP contribution in [-0.2, 0) is 9.59 Å². The molecular weight excluding hydrogens is 237 g/mol. The first-order valence-corrected chi connectivity index (χ1v) is 4.52. The van der Waals surface area contributed by atoms with Crippen molar-refractivity contribution in [3.8, 4) is 0 Å². The number of rotatable bonds is 3. The second kappa shape index (κ2) is 5.27. The Hall–Kier alpha value is -1.88. The number of nitrogens with one attached hydrogen (secondary N) is 1. The standard InChI is InChI=1S/C10H7ClFNO3/c11-7-5-6(1-2-8(7)12)13-9(14)3-4-10(15)16/h1-5H,(H,13,14)(H,15,16)/p-1. The van der Waals surface area contributed by atoms with Gasteiger partial charge in [0, 0.05) is 11.8 Å². The Balaban J connectivity index is 2.70. The van der Waals surface area contributed by atoms with Gasteiger partial charge >= 0.3 is 0 Å². The van der Waals surface area contributed by atoms with Gasteiger partial charge in [0.05, 0.1) is 11.0 Å². The molecule has 0 aliphatic rings. The molecule has 0 fully saturated rings. The predicted octanol–water partition coefficient (Wildman–Crippen LogP) is 0.724. The summed E-state index contributed by atoms with van der Waals surface area (Å²) in [5, 5.41) is 12.2. The molecule has 0 heterocycles. The quantitative estimate of drug-likeness (QED) is 0.795. The van der Waals surface area contributed by atoms with Crippen LogP contribution in [0.4, 0.5) is 10.1 Å². The number of hydrogen-bond acceptors (Lipinski definition) is 3. The zero-order valence-corrected chi connectivity index (χ0v) is 8.62. The van der Waals surface area contributed by atoms with Gasteiger partial charge in [0.2, 0.25) is 5.91 Å². The van der Waals surface area contributed by atoms with Crippen molar-refractivity contribution in [2.24, 2.45) is 0 Å². The lowest BCUT2D eigenvalue weighted by atomic mass is 10.3. The van der Waals surface area contributed by atoms with Crippen molar-refractivity contribution < 1.29 is 19.1 Å². The molecular formula is C10H6ClFNO3-. The molecule has 1 rings (SSSR count). The molecule has 0 unspecified atom stereocenters. The van der Waals surface area contributed by atoms with Crippen molar-refractivity contribution >= 4 is 29.2 Å². The molecule has 4 nitrogen and oxygen atoms in total. The lowest BCUT2D eigenvalue weighted by molar-refractivity contribution is -0.297. The van der Waals surface area contributed by atoms with Crippen molar-refractivity contribution in [2.45, 2.75) is 0 Å². The fraction of sp³-hybridized carbons (Fsp3) is 0. The molecule has 0 atom stereocenters. The highest BCUT2D eigenvalue weighted by Gasteiger charge is 2.02. The summed E-state index contributed by atoms with van der Waals surface area (Å²) in [7, 11) is 0. The molecule has 0 saturated carbocycles. The van der Waals surface area contributed by atoms with Crippen molar-refractivity contribution in [2.75, 3.05) is 5.32 Å². The summed E-state index contributed by atoms with van der Waals surface area (Å²) in [5.41, 5.74) is 0.263. The number of aliphatic carboxylic acids is 1. The van der Waals surface area contributed by atoms with Gasteiger partial charge in [-0.1, -0.05) is 11.6 Å². The molecule has 0 spiro atoms. The molecule has 0 bridgehead atoms. The van der Waals surface area contributed by atoms with E-state index in [1.54, 1.807) is 0 Å². The maximum absolute atomic E-state index is 12.7. The number of anilines is 1. The van der Waals surface area contributed by atoms with E-state index in [1.165, 1.54) is 12.1 Å². The van der Waals surface area contributed by atoms with Crippen molar-refractivity contribution in [3.63, 3.8) is 0 Å². The number of carboxylic acid groups (broad SMARTS) is 1. The Morgan fingerprint density at radius 3 is 2.62 bits per heavy atom. The largest absolute Gasteiger partial charge is 0.545 e. The summed E-state index contributed by atoms with van der Waals surface area (Å²) >= 11 is 5.48. The molecule has 0 aliphatic carbocycles. The van der Waals surface area contributed by atoms with Gasteiger partial charge in [0.1, 0.15) is 5.82 Å². The van der Waals surface area contributed by atoms with Crippen LogP contribution in [0.1, 0.15) is 0 Å². The van der Waals surface area contributed by atoms with E-state index in [1.807, 2.05) is 0 Å². The molecule has 0 aliphatic heterocycles. The van der Waals surface area contributed by atoms with E-state index in [-0.39, 0.29) is 10.7 Å². The number of carbonyl (C=O) groups is 2. The van der Waals surface area contributed by atoms with Gasteiger partial charge in [-0.25, -0.2) is 4.39 Å². The number of hydrogen-bond donors (Lipinski definition) is 1. The van der Waals surface area contributed by atoms with Gasteiger partial charge in [-0.15, -0.1) is 0 Å². The third-order valence-corrected chi connectivity index (χ3v) is 1.85. The number of carboxylic acids is 1. The first kappa shape index (κ1) is 12.2. The van der Waals surface area contributed by atoms with Crippen LogP contribution in [0.3, 0.4) is 0 Å². The van der Waals surface area contributed by atoms with Crippen molar-refractivity contribution in [3.05, 3.63) is 41.2 Å². The van der Waals surface area contributed by atoms with E-state index in [0.29, 0.717) is 6.08 Å². The van der Waals surface area contributed by atoms with Crippen LogP contribution in [0.2, 0.25) is 5.02 Å². The molecule has 0 saturated heterocycles. The van der Waals surface area contributed by atoms with E-state index in [0.717, 1.165) is 12.1 Å². The van der Waals surface area contributed by atoms with E-state index in [4.69, 9.17) is 11.6 Å². The second-order valence-corrected chi connectivity index (χ2v) is 3.18. The fourth-order valence-electron chi connectivity index (χ4n) is 0.902. The van der Waals surface area contributed by atoms with Crippen LogP contribution in [-0.4, -0.2) is 11.9 Å². The van der Waals surface area contributed by atoms with Gasteiger partial charge in [0.15, 0.2) is 0 Å². The van der Waals surface area contributed by atoms with Crippen LogP contribution >= 0.6 is 11.6 Å². The zero-order valence-electron chi connectivity index (χ0n) is 7.87. The average Bonchev–Trinajstić information content (AvgIpc) is 2.21. The fourth-order valence-corrected chi connectivity index (χ4v) is 1.08. The number of benzene rings is 1. The Bertz CT molecular complexity index is 459. The molecule has 16 heavy (non-hydrogen) atoms. The van der Waals surface area contributed by atoms with Crippen molar-refractivity contribution in [1.29, 1.82) is 0 Å². The van der Waals surface area contributed by atoms with E-state index in [2.05, 4.69) is 5.32 Å². The van der Waals surface area contributed by atoms with Gasteiger partial charge in [-0.2, -0.15) is 0 Å². The zero-order chi connectivity index (χ0) is 12.1. The molecule has 1 aromatic rings. The Morgan fingerprint density at radius 1 is 1.38 bits per heavy atom. The highest BCUT2D eigenvalue weighted by molar-refractivity contribution is 6.31. The Labute approximate surface area is 95.3 Å². The Morgan fingerprint density at radius 2 is 2.06 bits per heavy atom. The molecule has 1 N–H and O–H groups in total. The molecule has 1 aromatic carbocycles. The van der Waals surface area contributed by atoms with E-state index < -0.39 is 17.7 Å². The van der Waals surface area contributed by atoms with Crippen molar-refractivity contribution in [1.82, 2.24) is 0 Å². The first-order chi connectivity index (χ1) is 7.49. The molecule has 1 amide bonds. The number of halogens is 2. The van der Waals surface area contributed by atoms with Crippen LogP contribution in [0, 0.1) is 5.82 Å². The molecule has 6 heteroatoms. The van der Waals surface area contributed by atoms with E-state index in [9.17, 15) is 19.1 Å². The molecule has 84 valence electrons. The summed E-state index contributed by atoms with van der Waals surface area (Å²) in [6.45, 7) is 0. The lowest BCUT2D eigenvalue weighted by Gasteiger charge is -2.02. The summed E-state index contributed by atoms with van der Waals surface area (Å²) < 4.78 is 12.7. The minimum atomic E-state index is -1.48. The summed E-state index contributed by atoms with van der Waals surface area (Å²) in [5.74, 6) is -2.76. The normalized spacial score (nSPS) is 10.4. The van der Waals surface area contributed by atoms with Crippen LogP contribution < -0.4 is 10.4 Å². The second-order valence-electron chi connectivity index (χ2n) is 2.77. The van der Waals surface area contributed by atoms with Crippen LogP contribution in [0.5, 0.6) is 0 Å². The van der Waals surface area contributed by atoms with Gasteiger partial charge in [0.25, 0.3) is 0 Å². The van der Waals surface area contributed by atoms with Crippen LogP contribution in [0.15, 0.2) is 30.4 Å². The first-order valence-electron chi connectivity index (χ1n) is 4.14. The maximum atomic E-state index is 12.7. The Kier molecular flexibility index (Phi) is 4.02. The van der Waals surface area contributed by atoms with Gasteiger partial charge in [-0.05, 0) is 24.3 Å². The highest BCUT2D eigenvalue weighted by atomic mass is 35.5. The summed E-state index contributed by atoms with van der Waals surface area (Å²) in [6, 6.07) is 3.59. The number of amides is 1. The molecule has 0 radical (unpaired) electrons. The summed E-state index contributed by atoms with van der Waals surface area (Å²) in [4.78, 5) is 21.1.